The average molecular weight is 526 g/mol. The number of anilines is 1. The van der Waals surface area contributed by atoms with Gasteiger partial charge >= 0.3 is 0 Å². The fraction of sp³-hybridized carbons (Fsp3) is 0.417. The van der Waals surface area contributed by atoms with E-state index in [1.165, 1.54) is 6.92 Å². The molecule has 0 saturated carbocycles. The number of carbonyl (C=O) groups is 2. The predicted molar refractivity (Wildman–Crippen MR) is 135 cm³/mol. The van der Waals surface area contributed by atoms with Crippen molar-refractivity contribution in [1.82, 2.24) is 0 Å². The van der Waals surface area contributed by atoms with Gasteiger partial charge in [0.15, 0.2) is 23.0 Å². The number of rotatable bonds is 13. The molecule has 0 radical (unpaired) electrons. The summed E-state index contributed by atoms with van der Waals surface area (Å²) in [6, 6.07) is 6.40. The molecule has 2 aromatic carbocycles. The molecule has 0 N–H and O–H groups in total. The van der Waals surface area contributed by atoms with Crippen LogP contribution in [0.1, 0.15) is 34.6 Å². The predicted octanol–water partition coefficient (Wildman–Crippen LogP) is 6.16. The first-order valence-corrected chi connectivity index (χ1v) is 11.9. The Kier molecular flexibility index (Phi) is 11.1. The van der Waals surface area contributed by atoms with Gasteiger partial charge in [-0.1, -0.05) is 11.6 Å². The molecule has 0 heterocycles. The third-order valence-corrected chi connectivity index (χ3v) is 5.09. The first kappa shape index (κ1) is 28.2. The van der Waals surface area contributed by atoms with Gasteiger partial charge in [-0.3, -0.25) is 9.59 Å². The van der Waals surface area contributed by atoms with Gasteiger partial charge in [-0.05, 0) is 46.8 Å². The van der Waals surface area contributed by atoms with Gasteiger partial charge in [-0.15, -0.1) is 0 Å². The van der Waals surface area contributed by atoms with Gasteiger partial charge in [0.25, 0.3) is 5.91 Å². The van der Waals surface area contributed by atoms with Gasteiger partial charge in [0.1, 0.15) is 11.4 Å². The normalized spacial score (nSPS) is 11.7. The van der Waals surface area contributed by atoms with Gasteiger partial charge in [0.2, 0.25) is 6.04 Å². The van der Waals surface area contributed by atoms with Crippen molar-refractivity contribution in [3.05, 3.63) is 35.4 Å². The lowest BCUT2D eigenvalue weighted by Gasteiger charge is -2.19. The minimum Gasteiger partial charge on any atom is -0.494 e. The summed E-state index contributed by atoms with van der Waals surface area (Å²) in [6.45, 7) is 10.0. The number of ether oxygens (including phenoxy) is 4. The van der Waals surface area contributed by atoms with Crippen molar-refractivity contribution < 1.29 is 28.5 Å². The van der Waals surface area contributed by atoms with E-state index in [1.54, 1.807) is 37.3 Å². The molecule has 1 unspecified atom stereocenters. The monoisotopic (exact) mass is 525 g/mol. The molecule has 0 aliphatic rings. The number of nitrogens with zero attached hydrogens (tertiary/aromatic N) is 3. The Labute approximate surface area is 215 Å². The van der Waals surface area contributed by atoms with E-state index in [1.807, 2.05) is 20.8 Å². The van der Waals surface area contributed by atoms with Crippen LogP contribution in [-0.4, -0.2) is 44.2 Å². The van der Waals surface area contributed by atoms with E-state index in [2.05, 4.69) is 10.2 Å². The zero-order valence-corrected chi connectivity index (χ0v) is 21.9. The average Bonchev–Trinajstić information content (AvgIpc) is 2.82. The molecule has 0 aliphatic carbocycles. The van der Waals surface area contributed by atoms with E-state index in [0.717, 1.165) is 4.42 Å². The maximum Gasteiger partial charge on any atom is 0.276 e. The first-order chi connectivity index (χ1) is 16.8. The lowest BCUT2D eigenvalue weighted by molar-refractivity contribution is -0.126. The number of amides is 1. The van der Waals surface area contributed by atoms with E-state index in [9.17, 15) is 9.59 Å². The van der Waals surface area contributed by atoms with Crippen LogP contribution in [0.3, 0.4) is 0 Å². The molecule has 0 aliphatic heterocycles. The molecule has 0 bridgehead atoms. The highest BCUT2D eigenvalue weighted by Crippen LogP contribution is 2.40. The quantitative estimate of drug-likeness (QED) is 0.176. The molecule has 0 aromatic heterocycles. The molecule has 0 saturated heterocycles. The molecular formula is C24H29Cl2N3O6. The van der Waals surface area contributed by atoms with Crippen molar-refractivity contribution in [1.29, 1.82) is 0 Å². The largest absolute Gasteiger partial charge is 0.494 e. The Morgan fingerprint density at radius 1 is 0.914 bits per heavy atom. The molecule has 1 atom stereocenters. The molecule has 2 rings (SSSR count). The Morgan fingerprint density at radius 2 is 1.54 bits per heavy atom. The fourth-order valence-electron chi connectivity index (χ4n) is 2.99. The van der Waals surface area contributed by atoms with E-state index in [4.69, 9.17) is 42.3 Å². The zero-order valence-electron chi connectivity index (χ0n) is 20.3. The summed E-state index contributed by atoms with van der Waals surface area (Å²) in [5.74, 6) is 0.275. The molecule has 2 aromatic rings. The Balaban J connectivity index is 2.39. The summed E-state index contributed by atoms with van der Waals surface area (Å²) in [5.41, 5.74) is 0.490. The molecular weight excluding hydrogens is 497 g/mol. The van der Waals surface area contributed by atoms with Crippen LogP contribution >= 0.6 is 23.4 Å². The first-order valence-electron chi connectivity index (χ1n) is 11.2. The second-order valence-corrected chi connectivity index (χ2v) is 7.71. The molecule has 35 heavy (non-hydrogen) atoms. The Morgan fingerprint density at radius 3 is 2.14 bits per heavy atom. The summed E-state index contributed by atoms with van der Waals surface area (Å²) in [6.07, 6.45) is 0. The molecule has 9 nitrogen and oxygen atoms in total. The molecule has 11 heteroatoms. The molecule has 1 amide bonds. The van der Waals surface area contributed by atoms with Gasteiger partial charge in [0.05, 0.1) is 37.1 Å². The third-order valence-electron chi connectivity index (χ3n) is 4.44. The number of benzene rings is 2. The topological polar surface area (TPSA) is 99.0 Å². The number of hydrogen-bond donors (Lipinski definition) is 0. The minimum absolute atomic E-state index is 0.211. The summed E-state index contributed by atoms with van der Waals surface area (Å²) in [5, 5.41) is 8.34. The van der Waals surface area contributed by atoms with Gasteiger partial charge in [0, 0.05) is 30.0 Å². The number of hydrogen-bond acceptors (Lipinski definition) is 8. The highest BCUT2D eigenvalue weighted by atomic mass is 35.5. The van der Waals surface area contributed by atoms with Crippen molar-refractivity contribution in [2.24, 2.45) is 10.2 Å². The van der Waals surface area contributed by atoms with E-state index >= 15 is 0 Å². The summed E-state index contributed by atoms with van der Waals surface area (Å²) >= 11 is 12.6. The fourth-order valence-corrected chi connectivity index (χ4v) is 3.44. The summed E-state index contributed by atoms with van der Waals surface area (Å²) < 4.78 is 23.0. The van der Waals surface area contributed by atoms with Crippen LogP contribution in [0, 0.1) is 0 Å². The minimum atomic E-state index is -1.50. The third kappa shape index (κ3) is 7.47. The molecule has 0 spiro atoms. The van der Waals surface area contributed by atoms with Crippen molar-refractivity contribution in [2.45, 2.75) is 40.7 Å². The number of carbonyl (C=O) groups excluding carboxylic acids is 2. The van der Waals surface area contributed by atoms with Gasteiger partial charge in [-0.25, -0.2) is 4.42 Å². The van der Waals surface area contributed by atoms with Crippen LogP contribution in [0.4, 0.5) is 11.4 Å². The number of ketones is 1. The lowest BCUT2D eigenvalue weighted by atomic mass is 10.2. The van der Waals surface area contributed by atoms with Crippen LogP contribution < -0.4 is 23.4 Å². The SMILES string of the molecule is CCOc1cc(Cl)c(OCC)c(N=NC(C(C)=O)C(=O)N(Cl)c2ccc(OCC)c(OCC)c2)c1. The van der Waals surface area contributed by atoms with Crippen LogP contribution in [0.5, 0.6) is 23.0 Å². The molecule has 0 fully saturated rings. The van der Waals surface area contributed by atoms with Crippen LogP contribution in [0.15, 0.2) is 40.6 Å². The summed E-state index contributed by atoms with van der Waals surface area (Å²) in [4.78, 5) is 25.4. The second kappa shape index (κ2) is 13.7. The Bertz CT molecular complexity index is 1060. The maximum absolute atomic E-state index is 13.1. The van der Waals surface area contributed by atoms with Crippen LogP contribution in [0.2, 0.25) is 5.02 Å². The highest BCUT2D eigenvalue weighted by molar-refractivity contribution is 6.39. The lowest BCUT2D eigenvalue weighted by Crippen LogP contribution is -2.36. The zero-order chi connectivity index (χ0) is 26.0. The van der Waals surface area contributed by atoms with Crippen LogP contribution in [-0.2, 0) is 9.59 Å². The maximum atomic E-state index is 13.1. The molecule has 190 valence electrons. The highest BCUT2D eigenvalue weighted by Gasteiger charge is 2.29. The number of azo groups is 1. The Hall–Kier alpha value is -3.04. The van der Waals surface area contributed by atoms with Crippen molar-refractivity contribution in [3.8, 4) is 23.0 Å². The standard InChI is InChI=1S/C24H29Cl2N3O6/c1-6-32-17-13-18(25)23(35-9-4)19(14-17)27-28-22(15(5)30)24(31)29(26)16-10-11-20(33-7-2)21(12-16)34-8-3/h10-14,22H,6-9H2,1-5H3. The second-order valence-electron chi connectivity index (χ2n) is 6.96. The van der Waals surface area contributed by atoms with Crippen molar-refractivity contribution in [2.75, 3.05) is 30.8 Å². The van der Waals surface area contributed by atoms with Crippen molar-refractivity contribution >= 4 is 46.4 Å². The van der Waals surface area contributed by atoms with Gasteiger partial charge < -0.3 is 18.9 Å². The van der Waals surface area contributed by atoms with E-state index in [-0.39, 0.29) is 22.1 Å². The van der Waals surface area contributed by atoms with Gasteiger partial charge in [-0.2, -0.15) is 10.2 Å². The van der Waals surface area contributed by atoms with Crippen molar-refractivity contribution in [3.63, 3.8) is 0 Å². The summed E-state index contributed by atoms with van der Waals surface area (Å²) in [7, 11) is 0. The number of halogens is 2. The van der Waals surface area contributed by atoms with E-state index < -0.39 is 17.7 Å². The van der Waals surface area contributed by atoms with Crippen LogP contribution in [0.25, 0.3) is 0 Å². The van der Waals surface area contributed by atoms with E-state index in [0.29, 0.717) is 43.7 Å². The number of Topliss-reactive ketones (excluding diaryl/α,β-unsaturated/α-hetero) is 1. The smallest absolute Gasteiger partial charge is 0.276 e.